The summed E-state index contributed by atoms with van der Waals surface area (Å²) in [7, 11) is 0. The predicted molar refractivity (Wildman–Crippen MR) is 76.7 cm³/mol. The van der Waals surface area contributed by atoms with Gasteiger partial charge in [0.15, 0.2) is 0 Å². The van der Waals surface area contributed by atoms with E-state index in [0.717, 1.165) is 0 Å². The molecule has 2 saturated heterocycles. The molecule has 0 aromatic heterocycles. The quantitative estimate of drug-likeness (QED) is 0.123. The summed E-state index contributed by atoms with van der Waals surface area (Å²) >= 11 is 0. The molecule has 2 rings (SSSR count). The molecule has 14 nitrogen and oxygen atoms in total. The highest BCUT2D eigenvalue weighted by Gasteiger charge is 2.63. The normalized spacial score (nSPS) is 49.0. The molecule has 0 amide bonds. The molecule has 2 aliphatic heterocycles. The largest absolute Gasteiger partial charge is 0.394 e. The van der Waals surface area contributed by atoms with E-state index in [4.69, 9.17) is 24.8 Å². The second-order valence-electron chi connectivity index (χ2n) is 5.93. The zero-order valence-electron chi connectivity index (χ0n) is 13.3. The fourth-order valence-electron chi connectivity index (χ4n) is 2.87. The van der Waals surface area contributed by atoms with Gasteiger partial charge in [0.25, 0.3) is 5.91 Å². The highest BCUT2D eigenvalue weighted by atomic mass is 16.8. The summed E-state index contributed by atoms with van der Waals surface area (Å²) in [6.07, 6.45) is -12.7. The van der Waals surface area contributed by atoms with Crippen molar-refractivity contribution in [2.75, 3.05) is 19.8 Å². The standard InChI is InChI=1S/C12H21N3O11/c13-15-14-12(10(23)8(21)6(19)4(1-16)25-12)26-11(3-18)9(22)7(20)5(2-17)24-11/h4-10,16-23H,1-3H2/t4-,5-,6-,7-,8+,9+,10-,11?,12-/m1/s1. The van der Waals surface area contributed by atoms with E-state index >= 15 is 0 Å². The van der Waals surface area contributed by atoms with Crippen LogP contribution in [0.1, 0.15) is 0 Å². The Morgan fingerprint density at radius 2 is 1.46 bits per heavy atom. The number of hydrogen-bond donors (Lipinski definition) is 8. The molecule has 150 valence electrons. The minimum atomic E-state index is -2.85. The monoisotopic (exact) mass is 383 g/mol. The third-order valence-corrected chi connectivity index (χ3v) is 4.34. The molecule has 26 heavy (non-hydrogen) atoms. The summed E-state index contributed by atoms with van der Waals surface area (Å²) in [4.78, 5) is 2.41. The first kappa shape index (κ1) is 21.2. The van der Waals surface area contributed by atoms with Gasteiger partial charge in [-0.1, -0.05) is 0 Å². The van der Waals surface area contributed by atoms with Gasteiger partial charge < -0.3 is 55.1 Å². The maximum atomic E-state index is 10.2. The lowest BCUT2D eigenvalue weighted by atomic mass is 9.96. The topological polar surface area (TPSA) is 238 Å². The van der Waals surface area contributed by atoms with Crippen LogP contribution in [0.2, 0.25) is 0 Å². The Morgan fingerprint density at radius 3 is 1.92 bits per heavy atom. The van der Waals surface area contributed by atoms with Gasteiger partial charge in [0.1, 0.15) is 49.3 Å². The average Bonchev–Trinajstić information content (AvgIpc) is 2.88. The van der Waals surface area contributed by atoms with Crippen LogP contribution in [0.3, 0.4) is 0 Å². The first-order valence-corrected chi connectivity index (χ1v) is 7.57. The SMILES string of the molecule is [N-]=[N+]=N[C@@]1(OC2(CO)O[C@H](CO)[C@@H](O)[C@@H]2O)O[C@H](CO)[C@@H](O)[C@H](O)[C@H]1O. The van der Waals surface area contributed by atoms with Crippen molar-refractivity contribution >= 4 is 0 Å². The molecule has 1 unspecified atom stereocenters. The maximum Gasteiger partial charge on any atom is 0.281 e. The van der Waals surface area contributed by atoms with E-state index in [1.54, 1.807) is 0 Å². The third kappa shape index (κ3) is 3.27. The molecule has 0 radical (unpaired) electrons. The van der Waals surface area contributed by atoms with Crippen molar-refractivity contribution in [2.24, 2.45) is 5.11 Å². The van der Waals surface area contributed by atoms with Gasteiger partial charge in [0, 0.05) is 4.91 Å². The van der Waals surface area contributed by atoms with Gasteiger partial charge in [-0.25, -0.2) is 0 Å². The number of rotatable bonds is 6. The van der Waals surface area contributed by atoms with Crippen molar-refractivity contribution in [1.82, 2.24) is 0 Å². The summed E-state index contributed by atoms with van der Waals surface area (Å²) in [5.74, 6) is -5.38. The number of aliphatic hydroxyl groups is 8. The molecule has 0 aliphatic carbocycles. The lowest BCUT2D eigenvalue weighted by Gasteiger charge is -2.48. The van der Waals surface area contributed by atoms with E-state index in [1.165, 1.54) is 0 Å². The van der Waals surface area contributed by atoms with Crippen molar-refractivity contribution in [1.29, 1.82) is 0 Å². The van der Waals surface area contributed by atoms with E-state index in [0.29, 0.717) is 0 Å². The second kappa shape index (κ2) is 7.85. The number of ether oxygens (including phenoxy) is 3. The summed E-state index contributed by atoms with van der Waals surface area (Å²) < 4.78 is 15.4. The fraction of sp³-hybridized carbons (Fsp3) is 1.00. The molecule has 0 aromatic carbocycles. The van der Waals surface area contributed by atoms with E-state index in [9.17, 15) is 35.7 Å². The minimum absolute atomic E-state index is 0.776. The molecule has 0 aromatic rings. The Morgan fingerprint density at radius 1 is 0.885 bits per heavy atom. The molecular weight excluding hydrogens is 362 g/mol. The second-order valence-corrected chi connectivity index (χ2v) is 5.93. The fourth-order valence-corrected chi connectivity index (χ4v) is 2.87. The Bertz CT molecular complexity index is 547. The van der Waals surface area contributed by atoms with E-state index in [2.05, 4.69) is 10.0 Å². The van der Waals surface area contributed by atoms with Crippen LogP contribution < -0.4 is 0 Å². The zero-order chi connectivity index (χ0) is 19.7. The number of azide groups is 1. The Hall–Kier alpha value is -1.13. The smallest absolute Gasteiger partial charge is 0.281 e. The Kier molecular flexibility index (Phi) is 6.40. The molecule has 2 heterocycles. The Labute approximate surface area is 146 Å². The molecule has 2 aliphatic rings. The molecule has 0 bridgehead atoms. The van der Waals surface area contributed by atoms with Gasteiger partial charge in [-0.05, 0) is 10.6 Å². The van der Waals surface area contributed by atoms with Crippen LogP contribution in [-0.2, 0) is 14.2 Å². The van der Waals surface area contributed by atoms with Crippen LogP contribution in [0.5, 0.6) is 0 Å². The van der Waals surface area contributed by atoms with Crippen LogP contribution in [-0.4, -0.2) is 115 Å². The van der Waals surface area contributed by atoms with E-state index in [-0.39, 0.29) is 0 Å². The van der Waals surface area contributed by atoms with Gasteiger partial charge in [0.2, 0.25) is 5.79 Å². The third-order valence-electron chi connectivity index (χ3n) is 4.34. The van der Waals surface area contributed by atoms with Gasteiger partial charge in [-0.2, -0.15) is 0 Å². The van der Waals surface area contributed by atoms with Crippen LogP contribution in [0, 0.1) is 0 Å². The van der Waals surface area contributed by atoms with Crippen molar-refractivity contribution < 1.29 is 55.1 Å². The minimum Gasteiger partial charge on any atom is -0.394 e. The molecule has 14 heteroatoms. The molecular formula is C12H21N3O11. The number of hydrogen-bond acceptors (Lipinski definition) is 12. The van der Waals surface area contributed by atoms with Crippen LogP contribution in [0.15, 0.2) is 5.11 Å². The van der Waals surface area contributed by atoms with Crippen molar-refractivity contribution in [2.45, 2.75) is 54.4 Å². The molecule has 2 fully saturated rings. The van der Waals surface area contributed by atoms with Gasteiger partial charge in [-0.3, -0.25) is 0 Å². The number of aliphatic hydroxyl groups excluding tert-OH is 8. The van der Waals surface area contributed by atoms with Crippen LogP contribution in [0.4, 0.5) is 0 Å². The van der Waals surface area contributed by atoms with Crippen molar-refractivity contribution in [3.05, 3.63) is 10.4 Å². The Balaban J connectivity index is 2.44. The van der Waals surface area contributed by atoms with E-state index in [1.807, 2.05) is 0 Å². The maximum absolute atomic E-state index is 10.2. The average molecular weight is 383 g/mol. The predicted octanol–water partition coefficient (Wildman–Crippen LogP) is -4.76. The van der Waals surface area contributed by atoms with Crippen LogP contribution in [0.25, 0.3) is 10.4 Å². The summed E-state index contributed by atoms with van der Waals surface area (Å²) in [5.41, 5.74) is 8.78. The number of nitrogens with zero attached hydrogens (tertiary/aromatic N) is 3. The van der Waals surface area contributed by atoms with E-state index < -0.39 is 74.2 Å². The lowest BCUT2D eigenvalue weighted by molar-refractivity contribution is -0.431. The van der Waals surface area contributed by atoms with Crippen molar-refractivity contribution in [3.8, 4) is 0 Å². The molecule has 8 N–H and O–H groups in total. The highest BCUT2D eigenvalue weighted by molar-refractivity contribution is 5.02. The highest BCUT2D eigenvalue weighted by Crippen LogP contribution is 2.41. The first-order valence-electron chi connectivity index (χ1n) is 7.57. The van der Waals surface area contributed by atoms with Gasteiger partial charge in [-0.15, -0.1) is 0 Å². The first-order chi connectivity index (χ1) is 12.2. The zero-order valence-corrected chi connectivity index (χ0v) is 13.3. The summed E-state index contributed by atoms with van der Waals surface area (Å²) in [5, 5.41) is 81.1. The summed E-state index contributed by atoms with van der Waals surface area (Å²) in [6, 6.07) is 0. The molecule has 0 spiro atoms. The molecule has 0 saturated carbocycles. The van der Waals surface area contributed by atoms with Crippen molar-refractivity contribution in [3.63, 3.8) is 0 Å². The van der Waals surface area contributed by atoms with Crippen LogP contribution >= 0.6 is 0 Å². The lowest BCUT2D eigenvalue weighted by Crippen LogP contribution is -2.68. The van der Waals surface area contributed by atoms with Gasteiger partial charge in [0.05, 0.1) is 13.2 Å². The molecule has 9 atom stereocenters. The summed E-state index contributed by atoms with van der Waals surface area (Å²) in [6.45, 7) is -2.81. The van der Waals surface area contributed by atoms with Gasteiger partial charge >= 0.3 is 0 Å².